The molecule has 0 aliphatic heterocycles. The Morgan fingerprint density at radius 1 is 1.20 bits per heavy atom. The first-order valence-electron chi connectivity index (χ1n) is 7.23. The van der Waals surface area contributed by atoms with Crippen molar-refractivity contribution in [2.45, 2.75) is 17.7 Å². The number of nitrogens with zero attached hydrogens (tertiary/aromatic N) is 1. The van der Waals surface area contributed by atoms with Gasteiger partial charge in [0.2, 0.25) is 0 Å². The first-order valence-corrected chi connectivity index (χ1v) is 10.4. The average molecular weight is 398 g/mol. The molecule has 4 nitrogen and oxygen atoms in total. The molecular formula is C17H13ClFNO3S2. The van der Waals surface area contributed by atoms with Crippen LogP contribution in [0.4, 0.5) is 4.39 Å². The van der Waals surface area contributed by atoms with E-state index in [1.54, 1.807) is 37.3 Å². The highest BCUT2D eigenvalue weighted by atomic mass is 35.7. The second-order valence-corrected chi connectivity index (χ2v) is 9.03. The molecular weight excluding hydrogens is 385 g/mol. The van der Waals surface area contributed by atoms with Gasteiger partial charge in [-0.3, -0.25) is 0 Å². The van der Waals surface area contributed by atoms with E-state index in [4.69, 9.17) is 15.4 Å². The van der Waals surface area contributed by atoms with Gasteiger partial charge in [-0.15, -0.1) is 11.3 Å². The van der Waals surface area contributed by atoms with Gasteiger partial charge in [-0.25, -0.2) is 17.8 Å². The molecule has 0 fully saturated rings. The van der Waals surface area contributed by atoms with Crippen LogP contribution in [0.3, 0.4) is 0 Å². The molecule has 0 spiro atoms. The third-order valence-corrected chi connectivity index (χ3v) is 6.76. The third kappa shape index (κ3) is 4.36. The lowest BCUT2D eigenvalue weighted by Crippen LogP contribution is -1.95. The van der Waals surface area contributed by atoms with E-state index in [1.165, 1.54) is 12.1 Å². The Hall–Kier alpha value is -1.96. The molecule has 25 heavy (non-hydrogen) atoms. The summed E-state index contributed by atoms with van der Waals surface area (Å²) in [5.41, 5.74) is 1.94. The van der Waals surface area contributed by atoms with Crippen LogP contribution in [-0.4, -0.2) is 13.4 Å². The van der Waals surface area contributed by atoms with Crippen molar-refractivity contribution in [3.63, 3.8) is 0 Å². The molecule has 0 aliphatic carbocycles. The van der Waals surface area contributed by atoms with Gasteiger partial charge in [-0.1, -0.05) is 24.3 Å². The lowest BCUT2D eigenvalue weighted by atomic mass is 10.2. The molecule has 0 saturated heterocycles. The Morgan fingerprint density at radius 3 is 2.56 bits per heavy atom. The number of thiazole rings is 1. The predicted octanol–water partition coefficient (Wildman–Crippen LogP) is 4.76. The zero-order valence-electron chi connectivity index (χ0n) is 13.1. The van der Waals surface area contributed by atoms with Crippen molar-refractivity contribution in [3.8, 4) is 16.3 Å². The Kier molecular flexibility index (Phi) is 5.08. The summed E-state index contributed by atoms with van der Waals surface area (Å²) in [5.74, 6) is 0.305. The Labute approximate surface area is 153 Å². The lowest BCUT2D eigenvalue weighted by molar-refractivity contribution is 0.306. The SMILES string of the molecule is Cc1nc(-c2cccc(OCc3ccc(F)cc3)c2)sc1S(=O)(=O)Cl. The van der Waals surface area contributed by atoms with Crippen LogP contribution in [0.2, 0.25) is 0 Å². The number of hydrogen-bond acceptors (Lipinski definition) is 5. The molecule has 130 valence electrons. The van der Waals surface area contributed by atoms with E-state index in [9.17, 15) is 12.8 Å². The molecule has 0 saturated carbocycles. The average Bonchev–Trinajstić information content (AvgIpc) is 2.97. The monoisotopic (exact) mass is 397 g/mol. The summed E-state index contributed by atoms with van der Waals surface area (Å²) < 4.78 is 41.7. The topological polar surface area (TPSA) is 56.3 Å². The van der Waals surface area contributed by atoms with E-state index in [0.717, 1.165) is 22.5 Å². The van der Waals surface area contributed by atoms with Gasteiger partial charge in [0.15, 0.2) is 4.21 Å². The molecule has 3 rings (SSSR count). The van der Waals surface area contributed by atoms with Crippen molar-refractivity contribution in [2.75, 3.05) is 0 Å². The predicted molar refractivity (Wildman–Crippen MR) is 96.1 cm³/mol. The normalized spacial score (nSPS) is 11.5. The van der Waals surface area contributed by atoms with Crippen LogP contribution in [0, 0.1) is 12.7 Å². The lowest BCUT2D eigenvalue weighted by Gasteiger charge is -2.07. The van der Waals surface area contributed by atoms with Crippen LogP contribution in [0.25, 0.3) is 10.6 Å². The molecule has 0 unspecified atom stereocenters. The summed E-state index contributed by atoms with van der Waals surface area (Å²) in [6.07, 6.45) is 0. The fraction of sp³-hybridized carbons (Fsp3) is 0.118. The van der Waals surface area contributed by atoms with Crippen LogP contribution in [0.15, 0.2) is 52.7 Å². The molecule has 0 aliphatic rings. The van der Waals surface area contributed by atoms with Crippen molar-refractivity contribution < 1.29 is 17.5 Å². The van der Waals surface area contributed by atoms with Crippen molar-refractivity contribution in [1.82, 2.24) is 4.98 Å². The van der Waals surface area contributed by atoms with E-state index in [0.29, 0.717) is 23.1 Å². The Morgan fingerprint density at radius 2 is 1.92 bits per heavy atom. The second kappa shape index (κ2) is 7.11. The first-order chi connectivity index (χ1) is 11.8. The van der Waals surface area contributed by atoms with Crippen LogP contribution >= 0.6 is 22.0 Å². The van der Waals surface area contributed by atoms with E-state index < -0.39 is 9.05 Å². The molecule has 0 amide bonds. The summed E-state index contributed by atoms with van der Waals surface area (Å²) in [5, 5.41) is 0.545. The highest BCUT2D eigenvalue weighted by Crippen LogP contribution is 2.34. The number of ether oxygens (including phenoxy) is 1. The molecule has 1 aromatic heterocycles. The largest absolute Gasteiger partial charge is 0.489 e. The van der Waals surface area contributed by atoms with Gasteiger partial charge in [0.1, 0.15) is 23.2 Å². The minimum absolute atomic E-state index is 0.0433. The zero-order valence-corrected chi connectivity index (χ0v) is 15.5. The molecule has 0 atom stereocenters. The van der Waals surface area contributed by atoms with Gasteiger partial charge in [0.25, 0.3) is 9.05 Å². The highest BCUT2D eigenvalue weighted by Gasteiger charge is 2.20. The van der Waals surface area contributed by atoms with Crippen LogP contribution in [-0.2, 0) is 15.7 Å². The summed E-state index contributed by atoms with van der Waals surface area (Å²) in [7, 11) is 1.60. The molecule has 8 heteroatoms. The quantitative estimate of drug-likeness (QED) is 0.582. The van der Waals surface area contributed by atoms with Gasteiger partial charge >= 0.3 is 0 Å². The van der Waals surface area contributed by atoms with Crippen LogP contribution in [0.5, 0.6) is 5.75 Å². The maximum absolute atomic E-state index is 12.9. The van der Waals surface area contributed by atoms with E-state index in [-0.39, 0.29) is 10.0 Å². The molecule has 2 aromatic carbocycles. The summed E-state index contributed by atoms with van der Waals surface area (Å²) in [6.45, 7) is 1.89. The summed E-state index contributed by atoms with van der Waals surface area (Å²) in [6, 6.07) is 13.2. The molecule has 0 N–H and O–H groups in total. The fourth-order valence-corrected chi connectivity index (χ4v) is 4.65. The Balaban J connectivity index is 1.81. The van der Waals surface area contributed by atoms with Crippen molar-refractivity contribution >= 4 is 31.1 Å². The number of rotatable bonds is 5. The van der Waals surface area contributed by atoms with Gasteiger partial charge in [0, 0.05) is 16.2 Å². The smallest absolute Gasteiger partial charge is 0.272 e. The maximum Gasteiger partial charge on any atom is 0.272 e. The highest BCUT2D eigenvalue weighted by molar-refractivity contribution is 8.15. The Bertz CT molecular complexity index is 1000. The van der Waals surface area contributed by atoms with Gasteiger partial charge in [0.05, 0.1) is 5.69 Å². The number of aryl methyl sites for hydroxylation is 1. The fourth-order valence-electron chi connectivity index (χ4n) is 2.20. The number of halogens is 2. The summed E-state index contributed by atoms with van der Waals surface area (Å²) >= 11 is 1.02. The van der Waals surface area contributed by atoms with Gasteiger partial charge < -0.3 is 4.74 Å². The number of hydrogen-bond donors (Lipinski definition) is 0. The van der Waals surface area contributed by atoms with Gasteiger partial charge in [-0.05, 0) is 36.8 Å². The van der Waals surface area contributed by atoms with E-state index in [2.05, 4.69) is 4.98 Å². The minimum atomic E-state index is -3.81. The van der Waals surface area contributed by atoms with Crippen LogP contribution in [0.1, 0.15) is 11.3 Å². The zero-order chi connectivity index (χ0) is 18.0. The number of aromatic nitrogens is 1. The minimum Gasteiger partial charge on any atom is -0.489 e. The van der Waals surface area contributed by atoms with Crippen LogP contribution < -0.4 is 4.74 Å². The standard InChI is InChI=1S/C17H13ClFNO3S2/c1-11-17(25(18,21)22)24-16(20-11)13-3-2-4-15(9-13)23-10-12-5-7-14(19)8-6-12/h2-9H,10H2,1H3. The van der Waals surface area contributed by atoms with Crippen molar-refractivity contribution in [3.05, 3.63) is 65.6 Å². The van der Waals surface area contributed by atoms with E-state index >= 15 is 0 Å². The third-order valence-electron chi connectivity index (χ3n) is 3.38. The number of benzene rings is 2. The van der Waals surface area contributed by atoms with E-state index in [1.807, 2.05) is 6.07 Å². The van der Waals surface area contributed by atoms with Gasteiger partial charge in [-0.2, -0.15) is 0 Å². The van der Waals surface area contributed by atoms with Crippen molar-refractivity contribution in [1.29, 1.82) is 0 Å². The first kappa shape index (κ1) is 17.8. The molecule has 0 radical (unpaired) electrons. The molecule has 3 aromatic rings. The molecule has 1 heterocycles. The molecule has 0 bridgehead atoms. The maximum atomic E-state index is 12.9. The second-order valence-electron chi connectivity index (χ2n) is 5.27. The summed E-state index contributed by atoms with van der Waals surface area (Å²) in [4.78, 5) is 4.27. The van der Waals surface area contributed by atoms with Crippen molar-refractivity contribution in [2.24, 2.45) is 0 Å².